The van der Waals surface area contributed by atoms with Crippen molar-refractivity contribution in [1.82, 2.24) is 9.71 Å². The van der Waals surface area contributed by atoms with Crippen LogP contribution in [0.25, 0.3) is 0 Å². The molecular formula is C23H22FN3O5S. The first-order chi connectivity index (χ1) is 15.7. The van der Waals surface area contributed by atoms with Gasteiger partial charge in [0.15, 0.2) is 11.5 Å². The second-order valence-corrected chi connectivity index (χ2v) is 8.62. The van der Waals surface area contributed by atoms with Gasteiger partial charge in [-0.3, -0.25) is 4.79 Å². The number of methoxy groups -OCH3 is 1. The summed E-state index contributed by atoms with van der Waals surface area (Å²) in [5.41, 5.74) is 1.31. The van der Waals surface area contributed by atoms with Crippen molar-refractivity contribution in [3.8, 4) is 17.4 Å². The summed E-state index contributed by atoms with van der Waals surface area (Å²) in [5.74, 6) is -0.293. The number of nitrogens with zero attached hydrogens (tertiary/aromatic N) is 1. The third-order valence-electron chi connectivity index (χ3n) is 4.43. The molecule has 33 heavy (non-hydrogen) atoms. The molecule has 0 saturated heterocycles. The number of hydrogen-bond acceptors (Lipinski definition) is 6. The van der Waals surface area contributed by atoms with E-state index in [0.29, 0.717) is 17.2 Å². The molecule has 0 bridgehead atoms. The van der Waals surface area contributed by atoms with Crippen molar-refractivity contribution < 1.29 is 27.1 Å². The molecule has 2 aromatic carbocycles. The number of hydrogen-bond donors (Lipinski definition) is 2. The molecule has 0 saturated carbocycles. The van der Waals surface area contributed by atoms with Crippen molar-refractivity contribution >= 4 is 21.6 Å². The third kappa shape index (κ3) is 5.93. The molecule has 8 nitrogen and oxygen atoms in total. The first-order valence-corrected chi connectivity index (χ1v) is 11.2. The second-order valence-electron chi connectivity index (χ2n) is 6.88. The standard InChI is InChI=1S/C23H22FN3O5S/c1-4-11-26-33(29,30)21-13-16(6-8-18(21)24)23(28)27-17-7-10-22(25-14-17)32-19-9-5-15(2)12-20(19)31-3/h4-10,12-14,26H,1,11H2,2-3H3,(H,27,28). The van der Waals surface area contributed by atoms with Gasteiger partial charge < -0.3 is 14.8 Å². The van der Waals surface area contributed by atoms with E-state index in [4.69, 9.17) is 9.47 Å². The van der Waals surface area contributed by atoms with Crippen molar-refractivity contribution in [3.63, 3.8) is 0 Å². The quantitative estimate of drug-likeness (QED) is 0.456. The highest BCUT2D eigenvalue weighted by atomic mass is 32.2. The van der Waals surface area contributed by atoms with Crippen LogP contribution in [0.1, 0.15) is 15.9 Å². The van der Waals surface area contributed by atoms with Crippen molar-refractivity contribution in [2.24, 2.45) is 0 Å². The topological polar surface area (TPSA) is 107 Å². The van der Waals surface area contributed by atoms with Crippen LogP contribution in [0.15, 0.2) is 72.3 Å². The minimum Gasteiger partial charge on any atom is -0.493 e. The Morgan fingerprint density at radius 2 is 1.94 bits per heavy atom. The first-order valence-electron chi connectivity index (χ1n) is 9.73. The zero-order valence-electron chi connectivity index (χ0n) is 18.0. The maximum absolute atomic E-state index is 14.1. The lowest BCUT2D eigenvalue weighted by molar-refractivity contribution is 0.102. The van der Waals surface area contributed by atoms with Gasteiger partial charge in [0.2, 0.25) is 15.9 Å². The number of carbonyl (C=O) groups excluding carboxylic acids is 1. The number of anilines is 1. The molecule has 3 rings (SSSR count). The Kier molecular flexibility index (Phi) is 7.41. The molecule has 3 aromatic rings. The number of ether oxygens (including phenoxy) is 2. The highest BCUT2D eigenvalue weighted by Gasteiger charge is 2.20. The van der Waals surface area contributed by atoms with Crippen molar-refractivity contribution in [2.75, 3.05) is 19.0 Å². The van der Waals surface area contributed by atoms with Crippen LogP contribution >= 0.6 is 0 Å². The number of carbonyl (C=O) groups is 1. The van der Waals surface area contributed by atoms with Gasteiger partial charge in [-0.05, 0) is 48.9 Å². The lowest BCUT2D eigenvalue weighted by Crippen LogP contribution is -2.25. The maximum atomic E-state index is 14.1. The van der Waals surface area contributed by atoms with E-state index in [9.17, 15) is 17.6 Å². The molecule has 1 heterocycles. The first kappa shape index (κ1) is 23.9. The Bertz CT molecular complexity index is 1280. The van der Waals surface area contributed by atoms with Crippen molar-refractivity contribution in [2.45, 2.75) is 11.8 Å². The summed E-state index contributed by atoms with van der Waals surface area (Å²) in [6.07, 6.45) is 2.70. The van der Waals surface area contributed by atoms with Gasteiger partial charge in [-0.2, -0.15) is 0 Å². The van der Waals surface area contributed by atoms with Gasteiger partial charge in [-0.15, -0.1) is 6.58 Å². The summed E-state index contributed by atoms with van der Waals surface area (Å²) in [6.45, 7) is 5.26. The average Bonchev–Trinajstić information content (AvgIpc) is 2.80. The van der Waals surface area contributed by atoms with Crippen LogP contribution < -0.4 is 19.5 Å². The molecule has 1 aromatic heterocycles. The monoisotopic (exact) mass is 471 g/mol. The summed E-state index contributed by atoms with van der Waals surface area (Å²) >= 11 is 0. The maximum Gasteiger partial charge on any atom is 0.255 e. The Morgan fingerprint density at radius 3 is 2.61 bits per heavy atom. The van der Waals surface area contributed by atoms with Crippen LogP contribution in [0.4, 0.5) is 10.1 Å². The lowest BCUT2D eigenvalue weighted by atomic mass is 10.2. The predicted octanol–water partition coefficient (Wildman–Crippen LogP) is 4.05. The van der Waals surface area contributed by atoms with Crippen molar-refractivity contribution in [1.29, 1.82) is 0 Å². The Labute approximate surface area is 191 Å². The highest BCUT2D eigenvalue weighted by Crippen LogP contribution is 2.31. The van der Waals surface area contributed by atoms with Gasteiger partial charge in [0.25, 0.3) is 5.91 Å². The Hall–Kier alpha value is -3.76. The third-order valence-corrected chi connectivity index (χ3v) is 5.87. The molecule has 10 heteroatoms. The summed E-state index contributed by atoms with van der Waals surface area (Å²) in [4.78, 5) is 16.1. The molecule has 0 atom stereocenters. The van der Waals surface area contributed by atoms with E-state index in [1.165, 1.54) is 25.4 Å². The molecule has 2 N–H and O–H groups in total. The van der Waals surface area contributed by atoms with Gasteiger partial charge in [0.05, 0.1) is 19.0 Å². The summed E-state index contributed by atoms with van der Waals surface area (Å²) < 4.78 is 51.7. The minimum absolute atomic E-state index is 0.0416. The number of halogens is 1. The molecule has 0 aliphatic rings. The van der Waals surface area contributed by atoms with Crippen LogP contribution in [0, 0.1) is 12.7 Å². The normalized spacial score (nSPS) is 11.0. The zero-order chi connectivity index (χ0) is 24.0. The van der Waals surface area contributed by atoms with E-state index in [1.807, 2.05) is 19.1 Å². The number of pyridine rings is 1. The van der Waals surface area contributed by atoms with E-state index in [-0.39, 0.29) is 18.0 Å². The second kappa shape index (κ2) is 10.2. The van der Waals surface area contributed by atoms with Gasteiger partial charge in [0.1, 0.15) is 10.7 Å². The lowest BCUT2D eigenvalue weighted by Gasteiger charge is -2.11. The SMILES string of the molecule is C=CCNS(=O)(=O)c1cc(C(=O)Nc2ccc(Oc3ccc(C)cc3OC)nc2)ccc1F. The molecule has 0 fully saturated rings. The van der Waals surface area contributed by atoms with Crippen LogP contribution in [-0.2, 0) is 10.0 Å². The summed E-state index contributed by atoms with van der Waals surface area (Å²) in [6, 6.07) is 11.6. The summed E-state index contributed by atoms with van der Waals surface area (Å²) in [7, 11) is -2.60. The predicted molar refractivity (Wildman–Crippen MR) is 122 cm³/mol. The number of aromatic nitrogens is 1. The summed E-state index contributed by atoms with van der Waals surface area (Å²) in [5, 5.41) is 2.59. The number of amides is 1. The molecule has 0 spiro atoms. The van der Waals surface area contributed by atoms with Gasteiger partial charge >= 0.3 is 0 Å². The minimum atomic E-state index is -4.14. The molecule has 172 valence electrons. The van der Waals surface area contributed by atoms with E-state index in [0.717, 1.165) is 17.7 Å². The zero-order valence-corrected chi connectivity index (χ0v) is 18.8. The number of aryl methyl sites for hydroxylation is 1. The molecule has 0 unspecified atom stereocenters. The van der Waals surface area contributed by atoms with E-state index < -0.39 is 26.6 Å². The Balaban J connectivity index is 1.74. The number of benzene rings is 2. The molecule has 0 aliphatic carbocycles. The number of sulfonamides is 1. The Morgan fingerprint density at radius 1 is 1.15 bits per heavy atom. The van der Waals surface area contributed by atoms with Crippen LogP contribution in [-0.4, -0.2) is 33.0 Å². The molecule has 1 amide bonds. The fourth-order valence-electron chi connectivity index (χ4n) is 2.79. The van der Waals surface area contributed by atoms with Gasteiger partial charge in [-0.25, -0.2) is 22.5 Å². The molecular weight excluding hydrogens is 449 g/mol. The van der Waals surface area contributed by atoms with E-state index in [1.54, 1.807) is 18.2 Å². The number of rotatable bonds is 9. The molecule has 0 radical (unpaired) electrons. The largest absolute Gasteiger partial charge is 0.493 e. The van der Waals surface area contributed by atoms with Crippen LogP contribution in [0.5, 0.6) is 17.4 Å². The van der Waals surface area contributed by atoms with Crippen LogP contribution in [0.2, 0.25) is 0 Å². The molecule has 0 aliphatic heterocycles. The average molecular weight is 472 g/mol. The number of nitrogens with one attached hydrogen (secondary N) is 2. The van der Waals surface area contributed by atoms with Gasteiger partial charge in [0, 0.05) is 18.2 Å². The highest BCUT2D eigenvalue weighted by molar-refractivity contribution is 7.89. The fraction of sp³-hybridized carbons (Fsp3) is 0.130. The van der Waals surface area contributed by atoms with E-state index in [2.05, 4.69) is 21.6 Å². The van der Waals surface area contributed by atoms with Crippen molar-refractivity contribution in [3.05, 3.63) is 84.3 Å². The smallest absolute Gasteiger partial charge is 0.255 e. The van der Waals surface area contributed by atoms with Gasteiger partial charge in [-0.1, -0.05) is 12.1 Å². The van der Waals surface area contributed by atoms with E-state index >= 15 is 0 Å². The fourth-order valence-corrected chi connectivity index (χ4v) is 3.89. The van der Waals surface area contributed by atoms with Crippen LogP contribution in [0.3, 0.4) is 0 Å².